The molecule has 0 unspecified atom stereocenters. The minimum atomic E-state index is -1.02. The molecular weight excluding hydrogens is 244 g/mol. The summed E-state index contributed by atoms with van der Waals surface area (Å²) in [7, 11) is 0. The monoisotopic (exact) mass is 254 g/mol. The molecule has 0 aromatic carbocycles. The van der Waals surface area contributed by atoms with Crippen molar-refractivity contribution in [2.75, 3.05) is 0 Å². The standard InChI is InChI=1S/C13H10N4O2/c1-8-4-5-9(7-14-8)11-15-12-10(13(18)19)3-2-6-17(12)16-11/h2-7H,1H3,(H,18,19). The van der Waals surface area contributed by atoms with Crippen molar-refractivity contribution < 1.29 is 9.90 Å². The van der Waals surface area contributed by atoms with Gasteiger partial charge in [0.15, 0.2) is 11.5 Å². The lowest BCUT2D eigenvalue weighted by molar-refractivity contribution is 0.0698. The summed E-state index contributed by atoms with van der Waals surface area (Å²) in [5.41, 5.74) is 2.11. The average molecular weight is 254 g/mol. The first-order chi connectivity index (χ1) is 9.15. The molecule has 6 heteroatoms. The predicted octanol–water partition coefficient (Wildman–Crippen LogP) is 1.80. The van der Waals surface area contributed by atoms with Crippen molar-refractivity contribution in [2.45, 2.75) is 6.92 Å². The van der Waals surface area contributed by atoms with Crippen LogP contribution in [0.1, 0.15) is 16.1 Å². The van der Waals surface area contributed by atoms with Crippen LogP contribution < -0.4 is 0 Å². The smallest absolute Gasteiger partial charge is 0.339 e. The molecule has 0 aliphatic rings. The Morgan fingerprint density at radius 1 is 1.32 bits per heavy atom. The molecule has 0 spiro atoms. The molecule has 94 valence electrons. The third kappa shape index (κ3) is 1.93. The van der Waals surface area contributed by atoms with Crippen LogP contribution in [0.3, 0.4) is 0 Å². The van der Waals surface area contributed by atoms with Gasteiger partial charge < -0.3 is 5.11 Å². The molecule has 0 fully saturated rings. The van der Waals surface area contributed by atoms with Gasteiger partial charge >= 0.3 is 5.97 Å². The predicted molar refractivity (Wildman–Crippen MR) is 67.9 cm³/mol. The normalized spacial score (nSPS) is 10.8. The molecule has 3 heterocycles. The number of rotatable bonds is 2. The fourth-order valence-corrected chi connectivity index (χ4v) is 1.80. The summed E-state index contributed by atoms with van der Waals surface area (Å²) in [5, 5.41) is 13.4. The van der Waals surface area contributed by atoms with Crippen LogP contribution in [0.4, 0.5) is 0 Å². The molecule has 3 rings (SSSR count). The number of carboxylic acid groups (broad SMARTS) is 1. The van der Waals surface area contributed by atoms with Crippen LogP contribution in [-0.2, 0) is 0 Å². The van der Waals surface area contributed by atoms with Crippen LogP contribution in [0, 0.1) is 6.92 Å². The molecule has 0 amide bonds. The van der Waals surface area contributed by atoms with Crippen molar-refractivity contribution in [3.63, 3.8) is 0 Å². The SMILES string of the molecule is Cc1ccc(-c2nc3c(C(=O)O)cccn3n2)cn1. The lowest BCUT2D eigenvalue weighted by atomic mass is 10.2. The van der Waals surface area contributed by atoms with Crippen molar-refractivity contribution in [3.05, 3.63) is 47.9 Å². The van der Waals surface area contributed by atoms with E-state index in [0.29, 0.717) is 11.5 Å². The molecule has 0 saturated heterocycles. The Labute approximate surface area is 108 Å². The zero-order valence-electron chi connectivity index (χ0n) is 10.1. The van der Waals surface area contributed by atoms with E-state index in [0.717, 1.165) is 11.3 Å². The number of fused-ring (bicyclic) bond motifs is 1. The number of nitrogens with zero attached hydrogens (tertiary/aromatic N) is 4. The summed E-state index contributed by atoms with van der Waals surface area (Å²) in [6.45, 7) is 1.89. The van der Waals surface area contributed by atoms with Gasteiger partial charge in [0, 0.05) is 23.7 Å². The van der Waals surface area contributed by atoms with Crippen LogP contribution in [0.2, 0.25) is 0 Å². The number of hydrogen-bond donors (Lipinski definition) is 1. The molecule has 0 radical (unpaired) electrons. The lowest BCUT2D eigenvalue weighted by Gasteiger charge is -1.94. The van der Waals surface area contributed by atoms with E-state index in [9.17, 15) is 4.79 Å². The van der Waals surface area contributed by atoms with E-state index in [1.807, 2.05) is 19.1 Å². The van der Waals surface area contributed by atoms with Crippen LogP contribution in [0.25, 0.3) is 17.0 Å². The summed E-state index contributed by atoms with van der Waals surface area (Å²) in [6.07, 6.45) is 3.34. The molecule has 0 bridgehead atoms. The van der Waals surface area contributed by atoms with Crippen molar-refractivity contribution >= 4 is 11.6 Å². The molecule has 19 heavy (non-hydrogen) atoms. The van der Waals surface area contributed by atoms with Gasteiger partial charge in [-0.15, -0.1) is 5.10 Å². The van der Waals surface area contributed by atoms with Gasteiger partial charge in [-0.05, 0) is 31.2 Å². The largest absolute Gasteiger partial charge is 0.478 e. The Morgan fingerprint density at radius 2 is 2.16 bits per heavy atom. The van der Waals surface area contributed by atoms with Crippen LogP contribution in [-0.4, -0.2) is 30.7 Å². The Hall–Kier alpha value is -2.76. The Morgan fingerprint density at radius 3 is 2.84 bits per heavy atom. The summed E-state index contributed by atoms with van der Waals surface area (Å²) in [4.78, 5) is 19.6. The average Bonchev–Trinajstić information content (AvgIpc) is 2.82. The van der Waals surface area contributed by atoms with Crippen molar-refractivity contribution in [1.29, 1.82) is 0 Å². The summed E-state index contributed by atoms with van der Waals surface area (Å²) < 4.78 is 1.46. The van der Waals surface area contributed by atoms with Gasteiger partial charge in [0.05, 0.1) is 0 Å². The van der Waals surface area contributed by atoms with Gasteiger partial charge in [-0.2, -0.15) is 0 Å². The number of hydrogen-bond acceptors (Lipinski definition) is 4. The van der Waals surface area contributed by atoms with Gasteiger partial charge in [0.25, 0.3) is 0 Å². The van der Waals surface area contributed by atoms with Crippen LogP contribution >= 0.6 is 0 Å². The van der Waals surface area contributed by atoms with E-state index in [-0.39, 0.29) is 5.56 Å². The summed E-state index contributed by atoms with van der Waals surface area (Å²) >= 11 is 0. The molecule has 0 aliphatic carbocycles. The molecule has 1 N–H and O–H groups in total. The number of aromatic nitrogens is 4. The molecular formula is C13H10N4O2. The molecule has 3 aromatic rings. The number of carbonyl (C=O) groups is 1. The Bertz CT molecular complexity index is 762. The van der Waals surface area contributed by atoms with E-state index in [4.69, 9.17) is 5.11 Å². The fourth-order valence-electron chi connectivity index (χ4n) is 1.80. The van der Waals surface area contributed by atoms with Gasteiger partial charge in [-0.25, -0.2) is 14.3 Å². The highest BCUT2D eigenvalue weighted by atomic mass is 16.4. The maximum absolute atomic E-state index is 11.1. The summed E-state index contributed by atoms with van der Waals surface area (Å²) in [6, 6.07) is 6.85. The third-order valence-electron chi connectivity index (χ3n) is 2.76. The maximum atomic E-state index is 11.1. The van der Waals surface area contributed by atoms with Gasteiger partial charge in [0.1, 0.15) is 5.56 Å². The molecule has 0 saturated carbocycles. The second kappa shape index (κ2) is 4.16. The van der Waals surface area contributed by atoms with E-state index in [1.54, 1.807) is 18.5 Å². The molecule has 0 aliphatic heterocycles. The summed E-state index contributed by atoms with van der Waals surface area (Å²) in [5.74, 6) is -0.562. The van der Waals surface area contributed by atoms with E-state index in [2.05, 4.69) is 15.1 Å². The maximum Gasteiger partial charge on any atom is 0.339 e. The highest BCUT2D eigenvalue weighted by Gasteiger charge is 2.13. The second-order valence-electron chi connectivity index (χ2n) is 4.12. The second-order valence-corrected chi connectivity index (χ2v) is 4.12. The van der Waals surface area contributed by atoms with E-state index < -0.39 is 5.97 Å². The highest BCUT2D eigenvalue weighted by molar-refractivity contribution is 5.94. The number of aryl methyl sites for hydroxylation is 1. The minimum absolute atomic E-state index is 0.126. The van der Waals surface area contributed by atoms with E-state index in [1.165, 1.54) is 10.6 Å². The first-order valence-corrected chi connectivity index (χ1v) is 5.67. The van der Waals surface area contributed by atoms with Gasteiger partial charge in [0.2, 0.25) is 0 Å². The van der Waals surface area contributed by atoms with Crippen LogP contribution in [0.15, 0.2) is 36.7 Å². The minimum Gasteiger partial charge on any atom is -0.478 e. The quantitative estimate of drug-likeness (QED) is 0.754. The zero-order chi connectivity index (χ0) is 13.4. The lowest BCUT2D eigenvalue weighted by Crippen LogP contribution is -2.00. The highest BCUT2D eigenvalue weighted by Crippen LogP contribution is 2.17. The first-order valence-electron chi connectivity index (χ1n) is 5.67. The molecule has 0 atom stereocenters. The number of aromatic carboxylic acids is 1. The zero-order valence-corrected chi connectivity index (χ0v) is 10.1. The number of carboxylic acids is 1. The van der Waals surface area contributed by atoms with Crippen molar-refractivity contribution in [2.24, 2.45) is 0 Å². The van der Waals surface area contributed by atoms with Crippen LogP contribution in [0.5, 0.6) is 0 Å². The van der Waals surface area contributed by atoms with Crippen molar-refractivity contribution in [1.82, 2.24) is 19.6 Å². The van der Waals surface area contributed by atoms with Gasteiger partial charge in [-0.1, -0.05) is 0 Å². The Balaban J connectivity index is 2.19. The molecule has 3 aromatic heterocycles. The topological polar surface area (TPSA) is 80.4 Å². The molecule has 6 nitrogen and oxygen atoms in total. The van der Waals surface area contributed by atoms with E-state index >= 15 is 0 Å². The first kappa shape index (κ1) is 11.3. The third-order valence-corrected chi connectivity index (χ3v) is 2.76. The van der Waals surface area contributed by atoms with Crippen molar-refractivity contribution in [3.8, 4) is 11.4 Å². The fraction of sp³-hybridized carbons (Fsp3) is 0.0769. The van der Waals surface area contributed by atoms with Gasteiger partial charge in [-0.3, -0.25) is 4.98 Å². The number of pyridine rings is 2. The Kier molecular flexibility index (Phi) is 2.49.